The van der Waals surface area contributed by atoms with Crippen LogP contribution in [0, 0.1) is 11.8 Å². The molecule has 1 fully saturated rings. The van der Waals surface area contributed by atoms with Crippen LogP contribution in [0.1, 0.15) is 71.4 Å². The molecular weight excluding hydrogens is 678 g/mol. The number of nitrogens with one attached hydrogen (secondary N) is 4. The van der Waals surface area contributed by atoms with E-state index in [4.69, 9.17) is 4.74 Å². The topological polar surface area (TPSA) is 186 Å². The number of aliphatic hydroxyl groups is 2. The summed E-state index contributed by atoms with van der Waals surface area (Å²) in [6, 6.07) is 15.2. The van der Waals surface area contributed by atoms with E-state index >= 15 is 0 Å². The molecule has 2 aromatic carbocycles. The van der Waals surface area contributed by atoms with Gasteiger partial charge in [-0.1, -0.05) is 88.4 Å². The summed E-state index contributed by atoms with van der Waals surface area (Å²) in [5, 5.41) is 32.5. The molecule has 1 aliphatic rings. The summed E-state index contributed by atoms with van der Waals surface area (Å²) in [6.45, 7) is 11.2. The number of morpholine rings is 1. The molecule has 292 valence electrons. The van der Waals surface area contributed by atoms with Crippen molar-refractivity contribution in [2.75, 3.05) is 32.8 Å². The van der Waals surface area contributed by atoms with Crippen LogP contribution >= 0.6 is 0 Å². The summed E-state index contributed by atoms with van der Waals surface area (Å²) in [6.07, 6.45) is -0.395. The number of rotatable bonds is 21. The Hall–Kier alpha value is -4.17. The van der Waals surface area contributed by atoms with Crippen LogP contribution in [0.15, 0.2) is 60.7 Å². The molecule has 5 unspecified atom stereocenters. The molecule has 2 aromatic rings. The van der Waals surface area contributed by atoms with Crippen LogP contribution in [0.5, 0.6) is 0 Å². The maximum atomic E-state index is 14.0. The zero-order valence-electron chi connectivity index (χ0n) is 31.8. The highest BCUT2D eigenvalue weighted by atomic mass is 16.5. The molecule has 1 aliphatic heterocycles. The lowest BCUT2D eigenvalue weighted by atomic mass is 9.92. The molecule has 0 spiro atoms. The van der Waals surface area contributed by atoms with Gasteiger partial charge in [-0.25, -0.2) is 0 Å². The van der Waals surface area contributed by atoms with E-state index in [0.717, 1.165) is 12.5 Å². The Bertz CT molecular complexity index is 1460. The molecule has 5 atom stereocenters. The van der Waals surface area contributed by atoms with Crippen molar-refractivity contribution < 1.29 is 38.9 Å². The van der Waals surface area contributed by atoms with E-state index in [9.17, 15) is 34.2 Å². The average molecular weight is 738 g/mol. The van der Waals surface area contributed by atoms with Crippen molar-refractivity contribution in [3.05, 3.63) is 71.8 Å². The SMILES string of the molecule is CC(C)CCC(=O)C(C)(O)C(O)NC(=O)C(Cc1ccccc1)NC(=O)C(CC(C)C)NC(=O)C(CCc1ccccc1)NC(=O)CN1CCOCC1. The molecule has 0 bridgehead atoms. The minimum absolute atomic E-state index is 0.0123. The molecule has 4 amide bonds. The number of carbonyl (C=O) groups is 5. The Morgan fingerprint density at radius 3 is 1.87 bits per heavy atom. The Labute approximate surface area is 313 Å². The quantitative estimate of drug-likeness (QED) is 0.104. The van der Waals surface area contributed by atoms with Crippen molar-refractivity contribution >= 4 is 29.4 Å². The molecule has 1 saturated heterocycles. The predicted molar refractivity (Wildman–Crippen MR) is 201 cm³/mol. The first-order valence-corrected chi connectivity index (χ1v) is 18.7. The van der Waals surface area contributed by atoms with Gasteiger partial charge in [0.25, 0.3) is 0 Å². The Balaban J connectivity index is 1.79. The summed E-state index contributed by atoms with van der Waals surface area (Å²) in [7, 11) is 0. The normalized spacial score (nSPS) is 16.8. The second-order valence-corrected chi connectivity index (χ2v) is 14.9. The minimum atomic E-state index is -2.26. The number of benzene rings is 2. The van der Waals surface area contributed by atoms with Crippen LogP contribution in [-0.2, 0) is 41.6 Å². The third-order valence-corrected chi connectivity index (χ3v) is 9.27. The predicted octanol–water partition coefficient (Wildman–Crippen LogP) is 1.89. The van der Waals surface area contributed by atoms with Gasteiger partial charge in [0.05, 0.1) is 19.8 Å². The molecule has 3 rings (SSSR count). The molecule has 13 heteroatoms. The van der Waals surface area contributed by atoms with Crippen molar-refractivity contribution in [2.45, 2.75) is 103 Å². The first-order chi connectivity index (χ1) is 25.1. The number of ketones is 1. The number of aryl methyl sites for hydroxylation is 1. The average Bonchev–Trinajstić information content (AvgIpc) is 3.12. The smallest absolute Gasteiger partial charge is 0.244 e. The van der Waals surface area contributed by atoms with Gasteiger partial charge in [-0.15, -0.1) is 0 Å². The van der Waals surface area contributed by atoms with Crippen molar-refractivity contribution in [1.29, 1.82) is 0 Å². The lowest BCUT2D eigenvalue weighted by Crippen LogP contribution is -2.61. The fourth-order valence-electron chi connectivity index (χ4n) is 5.93. The second kappa shape index (κ2) is 21.5. The highest BCUT2D eigenvalue weighted by Gasteiger charge is 2.40. The van der Waals surface area contributed by atoms with Gasteiger partial charge in [-0.3, -0.25) is 28.9 Å². The Morgan fingerprint density at radius 1 is 0.736 bits per heavy atom. The Morgan fingerprint density at radius 2 is 1.28 bits per heavy atom. The number of nitrogens with zero attached hydrogens (tertiary/aromatic N) is 1. The number of aliphatic hydroxyl groups excluding tert-OH is 1. The monoisotopic (exact) mass is 737 g/mol. The van der Waals surface area contributed by atoms with Crippen LogP contribution in [0.2, 0.25) is 0 Å². The van der Waals surface area contributed by atoms with Gasteiger partial charge in [-0.2, -0.15) is 0 Å². The largest absolute Gasteiger partial charge is 0.379 e. The van der Waals surface area contributed by atoms with E-state index in [1.807, 2.05) is 69.0 Å². The van der Waals surface area contributed by atoms with Crippen LogP contribution in [0.3, 0.4) is 0 Å². The van der Waals surface area contributed by atoms with E-state index in [1.54, 1.807) is 24.3 Å². The lowest BCUT2D eigenvalue weighted by molar-refractivity contribution is -0.154. The molecule has 0 saturated carbocycles. The summed E-state index contributed by atoms with van der Waals surface area (Å²) < 4.78 is 5.38. The highest BCUT2D eigenvalue weighted by molar-refractivity contribution is 5.95. The van der Waals surface area contributed by atoms with E-state index < -0.39 is 53.5 Å². The molecular formula is C40H59N5O8. The third kappa shape index (κ3) is 15.0. The van der Waals surface area contributed by atoms with Crippen LogP contribution in [-0.4, -0.2) is 107 Å². The fourth-order valence-corrected chi connectivity index (χ4v) is 5.93. The maximum Gasteiger partial charge on any atom is 0.244 e. The number of carbonyl (C=O) groups excluding carboxylic acids is 5. The van der Waals surface area contributed by atoms with Gasteiger partial charge >= 0.3 is 0 Å². The number of hydrogen-bond acceptors (Lipinski definition) is 9. The summed E-state index contributed by atoms with van der Waals surface area (Å²) in [4.78, 5) is 69.4. The first-order valence-electron chi connectivity index (χ1n) is 18.7. The van der Waals surface area contributed by atoms with Crippen molar-refractivity contribution in [1.82, 2.24) is 26.2 Å². The van der Waals surface area contributed by atoms with Gasteiger partial charge in [0, 0.05) is 25.9 Å². The number of hydrogen-bond donors (Lipinski definition) is 6. The van der Waals surface area contributed by atoms with Gasteiger partial charge in [0.15, 0.2) is 17.6 Å². The first kappa shape index (κ1) is 43.2. The standard InChI is InChI=1S/C40H59N5O8/c1-27(2)16-19-34(46)40(5,52)39(51)44-38(50)33(25-30-14-10-7-11-15-30)43-37(49)32(24-28(3)4)42-36(48)31(18-17-29-12-8-6-9-13-29)41-35(47)26-45-20-22-53-23-21-45/h6-15,27-28,31-33,39,51-52H,16-26H2,1-5H3,(H,41,47)(H,42,48)(H,43,49)(H,44,50). The summed E-state index contributed by atoms with van der Waals surface area (Å²) in [5.74, 6) is -2.79. The van der Waals surface area contributed by atoms with Gasteiger partial charge in [-0.05, 0) is 55.6 Å². The summed E-state index contributed by atoms with van der Waals surface area (Å²) >= 11 is 0. The van der Waals surface area contributed by atoms with Gasteiger partial charge in [0.2, 0.25) is 23.6 Å². The number of Topliss-reactive ketones (excluding diaryl/α,β-unsaturated/α-hetero) is 1. The van der Waals surface area contributed by atoms with Gasteiger partial charge in [0.1, 0.15) is 18.1 Å². The molecule has 6 N–H and O–H groups in total. The lowest BCUT2D eigenvalue weighted by Gasteiger charge is -2.31. The molecule has 13 nitrogen and oxygen atoms in total. The van der Waals surface area contributed by atoms with E-state index in [0.29, 0.717) is 44.7 Å². The van der Waals surface area contributed by atoms with Crippen molar-refractivity contribution in [3.63, 3.8) is 0 Å². The van der Waals surface area contributed by atoms with Crippen LogP contribution in [0.4, 0.5) is 0 Å². The van der Waals surface area contributed by atoms with Gasteiger partial charge < -0.3 is 36.2 Å². The molecule has 0 aromatic heterocycles. The number of amides is 4. The fraction of sp³-hybridized carbons (Fsp3) is 0.575. The number of ether oxygens (including phenoxy) is 1. The summed E-state index contributed by atoms with van der Waals surface area (Å²) in [5.41, 5.74) is -0.571. The zero-order chi connectivity index (χ0) is 39.0. The molecule has 53 heavy (non-hydrogen) atoms. The van der Waals surface area contributed by atoms with Crippen molar-refractivity contribution in [3.8, 4) is 0 Å². The molecule has 1 heterocycles. The van der Waals surface area contributed by atoms with E-state index in [2.05, 4.69) is 21.3 Å². The Kier molecular flexibility index (Phi) is 17.5. The molecule has 0 radical (unpaired) electrons. The minimum Gasteiger partial charge on any atom is -0.379 e. The van der Waals surface area contributed by atoms with E-state index in [-0.39, 0.29) is 50.0 Å². The van der Waals surface area contributed by atoms with E-state index in [1.165, 1.54) is 0 Å². The second-order valence-electron chi connectivity index (χ2n) is 14.9. The molecule has 0 aliphatic carbocycles. The third-order valence-electron chi connectivity index (χ3n) is 9.27. The van der Waals surface area contributed by atoms with Crippen LogP contribution in [0.25, 0.3) is 0 Å². The van der Waals surface area contributed by atoms with Crippen LogP contribution < -0.4 is 21.3 Å². The maximum absolute atomic E-state index is 14.0. The highest BCUT2D eigenvalue weighted by Crippen LogP contribution is 2.17. The van der Waals surface area contributed by atoms with Crippen molar-refractivity contribution in [2.24, 2.45) is 11.8 Å². The zero-order valence-corrected chi connectivity index (χ0v) is 31.8.